The molecule has 1 aliphatic rings. The highest BCUT2D eigenvalue weighted by atomic mass is 32.1. The van der Waals surface area contributed by atoms with Crippen LogP contribution in [0.1, 0.15) is 4.88 Å². The van der Waals surface area contributed by atoms with Gasteiger partial charge in [-0.15, -0.1) is 11.3 Å². The summed E-state index contributed by atoms with van der Waals surface area (Å²) >= 11 is 1.43. The number of thiophene rings is 1. The fraction of sp³-hybridized carbons (Fsp3) is 0.238. The molecule has 1 aliphatic heterocycles. The summed E-state index contributed by atoms with van der Waals surface area (Å²) in [6.45, 7) is 8.05. The zero-order chi connectivity index (χ0) is 19.7. The van der Waals surface area contributed by atoms with Crippen molar-refractivity contribution >= 4 is 39.1 Å². The van der Waals surface area contributed by atoms with Crippen LogP contribution in [-0.4, -0.2) is 32.2 Å². The molecule has 0 aliphatic carbocycles. The summed E-state index contributed by atoms with van der Waals surface area (Å²) in [5.41, 5.74) is 2.96. The highest BCUT2D eigenvalue weighted by Gasteiger charge is 2.20. The van der Waals surface area contributed by atoms with E-state index in [2.05, 4.69) is 11.9 Å². The fourth-order valence-corrected chi connectivity index (χ4v) is 4.33. The molecule has 4 rings (SSSR count). The van der Waals surface area contributed by atoms with E-state index in [1.807, 2.05) is 36.1 Å². The van der Waals surface area contributed by atoms with Crippen LogP contribution in [0.15, 0.2) is 52.2 Å². The molecule has 1 fully saturated rings. The third kappa shape index (κ3) is 3.46. The van der Waals surface area contributed by atoms with Crippen LogP contribution < -0.4 is 15.6 Å². The lowest BCUT2D eigenvalue weighted by molar-refractivity contribution is -0.111. The molecule has 0 unspecified atom stereocenters. The molecule has 1 amide bonds. The number of benzene rings is 1. The number of anilines is 2. The molecule has 28 heavy (non-hydrogen) atoms. The molecule has 3 aromatic rings. The Kier molecular flexibility index (Phi) is 5.02. The number of carbonyl (C=O) groups excluding carboxylic acids is 1. The van der Waals surface area contributed by atoms with Crippen LogP contribution in [0.2, 0.25) is 0 Å². The summed E-state index contributed by atoms with van der Waals surface area (Å²) < 4.78 is 12.2. The van der Waals surface area contributed by atoms with E-state index in [1.54, 1.807) is 6.07 Å². The monoisotopic (exact) mass is 396 g/mol. The van der Waals surface area contributed by atoms with Crippen molar-refractivity contribution in [3.63, 3.8) is 0 Å². The lowest BCUT2D eigenvalue weighted by Gasteiger charge is -2.27. The van der Waals surface area contributed by atoms with E-state index >= 15 is 0 Å². The van der Waals surface area contributed by atoms with Crippen molar-refractivity contribution in [2.75, 3.05) is 36.5 Å². The quantitative estimate of drug-likeness (QED) is 0.680. The SMILES string of the molecule is C=CC(=O)Nc1cccc(-c2c(C)sc3c(=O)cc(N4CCOCC4)oc23)c1. The van der Waals surface area contributed by atoms with Crippen LogP contribution >= 0.6 is 11.3 Å². The molecule has 3 heterocycles. The topological polar surface area (TPSA) is 71.8 Å². The molecule has 0 radical (unpaired) electrons. The number of hydrogen-bond donors (Lipinski definition) is 1. The second-order valence-corrected chi connectivity index (χ2v) is 7.74. The molecule has 2 aromatic heterocycles. The largest absolute Gasteiger partial charge is 0.439 e. The number of nitrogens with one attached hydrogen (secondary N) is 1. The number of carbonyl (C=O) groups is 1. The van der Waals surface area contributed by atoms with Crippen LogP contribution in [0, 0.1) is 6.92 Å². The van der Waals surface area contributed by atoms with Gasteiger partial charge in [0.25, 0.3) is 0 Å². The predicted molar refractivity (Wildman–Crippen MR) is 112 cm³/mol. The maximum Gasteiger partial charge on any atom is 0.247 e. The molecule has 1 N–H and O–H groups in total. The number of amides is 1. The number of ether oxygens (including phenoxy) is 1. The minimum atomic E-state index is -0.273. The van der Waals surface area contributed by atoms with Crippen molar-refractivity contribution in [2.45, 2.75) is 6.92 Å². The molecular weight excluding hydrogens is 376 g/mol. The van der Waals surface area contributed by atoms with Gasteiger partial charge in [-0.2, -0.15) is 0 Å². The van der Waals surface area contributed by atoms with Gasteiger partial charge >= 0.3 is 0 Å². The third-order valence-electron chi connectivity index (χ3n) is 4.65. The summed E-state index contributed by atoms with van der Waals surface area (Å²) in [6, 6.07) is 9.05. The molecule has 7 heteroatoms. The van der Waals surface area contributed by atoms with Crippen molar-refractivity contribution < 1.29 is 13.9 Å². The van der Waals surface area contributed by atoms with Gasteiger partial charge in [0, 0.05) is 35.3 Å². The predicted octanol–water partition coefficient (Wildman–Crippen LogP) is 3.79. The van der Waals surface area contributed by atoms with E-state index in [0.29, 0.717) is 48.2 Å². The van der Waals surface area contributed by atoms with E-state index in [4.69, 9.17) is 9.15 Å². The summed E-state index contributed by atoms with van der Waals surface area (Å²) in [6.07, 6.45) is 1.23. The van der Waals surface area contributed by atoms with Gasteiger partial charge in [0.15, 0.2) is 11.5 Å². The van der Waals surface area contributed by atoms with Crippen molar-refractivity contribution in [3.05, 3.63) is 58.1 Å². The average molecular weight is 396 g/mol. The maximum atomic E-state index is 12.7. The van der Waals surface area contributed by atoms with Crippen molar-refractivity contribution in [3.8, 4) is 11.1 Å². The van der Waals surface area contributed by atoms with Crippen LogP contribution in [0.4, 0.5) is 11.6 Å². The lowest BCUT2D eigenvalue weighted by atomic mass is 10.0. The first-order valence-electron chi connectivity index (χ1n) is 9.00. The van der Waals surface area contributed by atoms with Gasteiger partial charge in [-0.3, -0.25) is 9.59 Å². The number of hydrogen-bond acceptors (Lipinski definition) is 6. The molecule has 0 saturated carbocycles. The van der Waals surface area contributed by atoms with Crippen molar-refractivity contribution in [1.29, 1.82) is 0 Å². The highest BCUT2D eigenvalue weighted by molar-refractivity contribution is 7.19. The van der Waals surface area contributed by atoms with Gasteiger partial charge < -0.3 is 19.4 Å². The number of nitrogens with zero attached hydrogens (tertiary/aromatic N) is 1. The van der Waals surface area contributed by atoms with E-state index in [9.17, 15) is 9.59 Å². The Morgan fingerprint density at radius 1 is 1.29 bits per heavy atom. The Morgan fingerprint density at radius 3 is 2.82 bits per heavy atom. The Bertz CT molecular complexity index is 1110. The standard InChI is InChI=1S/C21H20N2O4S/c1-3-17(25)22-15-6-4-5-14(11-15)19-13(2)28-21-16(24)12-18(27-20(19)21)23-7-9-26-10-8-23/h3-6,11-12H,1,7-10H2,2H3,(H,22,25). The number of morpholine rings is 1. The second-order valence-electron chi connectivity index (χ2n) is 6.51. The molecule has 6 nitrogen and oxygen atoms in total. The van der Waals surface area contributed by atoms with Crippen molar-refractivity contribution in [1.82, 2.24) is 0 Å². The summed E-state index contributed by atoms with van der Waals surface area (Å²) in [7, 11) is 0. The number of rotatable bonds is 4. The summed E-state index contributed by atoms with van der Waals surface area (Å²) in [4.78, 5) is 27.4. The molecule has 1 aromatic carbocycles. The Labute approximate surface area is 166 Å². The smallest absolute Gasteiger partial charge is 0.247 e. The van der Waals surface area contributed by atoms with Gasteiger partial charge in [0.1, 0.15) is 4.70 Å². The number of aryl methyl sites for hydroxylation is 1. The fourth-order valence-electron chi connectivity index (χ4n) is 3.31. The van der Waals surface area contributed by atoms with E-state index in [0.717, 1.165) is 16.0 Å². The average Bonchev–Trinajstić information content (AvgIpc) is 3.05. The zero-order valence-corrected chi connectivity index (χ0v) is 16.3. The van der Waals surface area contributed by atoms with E-state index < -0.39 is 0 Å². The minimum Gasteiger partial charge on any atom is -0.439 e. The first-order chi connectivity index (χ1) is 13.6. The Hall–Kier alpha value is -2.90. The first kappa shape index (κ1) is 18.5. The highest BCUT2D eigenvalue weighted by Crippen LogP contribution is 2.39. The first-order valence-corrected chi connectivity index (χ1v) is 9.82. The van der Waals surface area contributed by atoms with E-state index in [-0.39, 0.29) is 11.3 Å². The Balaban J connectivity index is 1.83. The molecular formula is C21H20N2O4S. The normalized spacial score (nSPS) is 14.2. The molecule has 144 valence electrons. The van der Waals surface area contributed by atoms with Crippen LogP contribution in [0.25, 0.3) is 21.4 Å². The summed E-state index contributed by atoms with van der Waals surface area (Å²) in [5, 5.41) is 2.77. The second kappa shape index (κ2) is 7.61. The molecule has 0 spiro atoms. The van der Waals surface area contributed by atoms with Crippen molar-refractivity contribution in [2.24, 2.45) is 0 Å². The lowest BCUT2D eigenvalue weighted by Crippen LogP contribution is -2.36. The molecule has 0 bridgehead atoms. The van der Waals surface area contributed by atoms with Crippen LogP contribution in [0.3, 0.4) is 0 Å². The van der Waals surface area contributed by atoms with Gasteiger partial charge in [-0.05, 0) is 30.7 Å². The third-order valence-corrected chi connectivity index (χ3v) is 5.75. The van der Waals surface area contributed by atoms with Crippen LogP contribution in [-0.2, 0) is 9.53 Å². The molecule has 0 atom stereocenters. The van der Waals surface area contributed by atoms with Gasteiger partial charge in [-0.25, -0.2) is 0 Å². The summed E-state index contributed by atoms with van der Waals surface area (Å²) in [5.74, 6) is 0.293. The molecule has 1 saturated heterocycles. The zero-order valence-electron chi connectivity index (χ0n) is 15.5. The van der Waals surface area contributed by atoms with Crippen LogP contribution in [0.5, 0.6) is 0 Å². The van der Waals surface area contributed by atoms with Gasteiger partial charge in [0.05, 0.1) is 13.2 Å². The maximum absolute atomic E-state index is 12.7. The van der Waals surface area contributed by atoms with E-state index in [1.165, 1.54) is 17.4 Å². The van der Waals surface area contributed by atoms with Gasteiger partial charge in [0.2, 0.25) is 11.3 Å². The van der Waals surface area contributed by atoms with Gasteiger partial charge in [-0.1, -0.05) is 18.7 Å². The minimum absolute atomic E-state index is 0.0433. The Morgan fingerprint density at radius 2 is 2.07 bits per heavy atom. The number of fused-ring (bicyclic) bond motifs is 1.